The van der Waals surface area contributed by atoms with E-state index in [0.29, 0.717) is 13.1 Å². The number of nitrogens with one attached hydrogen (secondary N) is 2. The molecule has 2 aliphatic heterocycles. The van der Waals surface area contributed by atoms with Gasteiger partial charge in [0.05, 0.1) is 19.8 Å². The summed E-state index contributed by atoms with van der Waals surface area (Å²) in [4.78, 5) is 31.0. The van der Waals surface area contributed by atoms with Gasteiger partial charge in [0.1, 0.15) is 11.6 Å². The van der Waals surface area contributed by atoms with E-state index >= 15 is 0 Å². The Morgan fingerprint density at radius 1 is 1.00 bits per heavy atom. The Morgan fingerprint density at radius 3 is 2.37 bits per heavy atom. The number of carbonyl (C=O) groups is 1. The summed E-state index contributed by atoms with van der Waals surface area (Å²) in [6, 6.07) is 10.5. The molecule has 0 atom stereocenters. The zero-order valence-corrected chi connectivity index (χ0v) is 23.8. The second kappa shape index (κ2) is 14.5. The fourth-order valence-corrected chi connectivity index (χ4v) is 5.12. The van der Waals surface area contributed by atoms with Crippen LogP contribution < -0.4 is 20.4 Å². The number of anilines is 4. The molecule has 208 valence electrons. The molecule has 2 aliphatic rings. The molecule has 38 heavy (non-hydrogen) atoms. The van der Waals surface area contributed by atoms with Crippen LogP contribution in [-0.2, 0) is 9.53 Å². The smallest absolute Gasteiger partial charge is 0.234 e. The molecule has 1 aromatic carbocycles. The average molecular weight is 543 g/mol. The third-order valence-corrected chi connectivity index (χ3v) is 7.65. The quantitative estimate of drug-likeness (QED) is 0.308. The number of hydrogen-bond acceptors (Lipinski definition) is 10. The monoisotopic (exact) mass is 542 g/mol. The minimum Gasteiger partial charge on any atom is -0.378 e. The van der Waals surface area contributed by atoms with Crippen LogP contribution >= 0.6 is 11.8 Å². The second-order valence-corrected chi connectivity index (χ2v) is 10.3. The van der Waals surface area contributed by atoms with Gasteiger partial charge in [-0.3, -0.25) is 9.69 Å². The zero-order chi connectivity index (χ0) is 26.7. The molecule has 2 N–H and O–H groups in total. The van der Waals surface area contributed by atoms with Gasteiger partial charge in [-0.25, -0.2) is 9.97 Å². The minimum atomic E-state index is 0.100. The number of nitrogens with zero attached hydrogens (tertiary/aromatic N) is 6. The van der Waals surface area contributed by atoms with Crippen LogP contribution in [0.15, 0.2) is 35.5 Å². The number of likely N-dealkylation sites (N-methyl/N-ethyl adjacent to an activating group) is 1. The standard InChI is InChI=1S/C27H42N8O2S/c1-4-32(5-2)11-10-28-26(36)21-33-12-14-35(15-13-33)25-20-24(30-27(31-25)38-3)29-22-6-8-23(9-7-22)34-16-18-37-19-17-34/h6-9,20H,4-5,10-19,21H2,1-3H3,(H,28,36)(H,29,30,31). The van der Waals surface area contributed by atoms with Crippen molar-refractivity contribution in [1.82, 2.24) is 25.1 Å². The van der Waals surface area contributed by atoms with Crippen molar-refractivity contribution < 1.29 is 9.53 Å². The van der Waals surface area contributed by atoms with Crippen molar-refractivity contribution in [2.24, 2.45) is 0 Å². The molecule has 1 aromatic heterocycles. The van der Waals surface area contributed by atoms with E-state index in [1.165, 1.54) is 5.69 Å². The Balaban J connectivity index is 1.29. The molecule has 0 bridgehead atoms. The van der Waals surface area contributed by atoms with Crippen LogP contribution in [0.4, 0.5) is 23.0 Å². The number of amides is 1. The first kappa shape index (κ1) is 28.4. The highest BCUT2D eigenvalue weighted by atomic mass is 32.2. The van der Waals surface area contributed by atoms with Crippen LogP contribution in [0.25, 0.3) is 0 Å². The topological polar surface area (TPSA) is 89.1 Å². The highest BCUT2D eigenvalue weighted by Crippen LogP contribution is 2.25. The molecule has 2 aromatic rings. The third-order valence-electron chi connectivity index (χ3n) is 7.10. The number of benzene rings is 1. The van der Waals surface area contributed by atoms with Crippen molar-refractivity contribution in [2.75, 3.05) is 107 Å². The molecule has 0 aliphatic carbocycles. The van der Waals surface area contributed by atoms with Crippen molar-refractivity contribution in [1.29, 1.82) is 0 Å². The van der Waals surface area contributed by atoms with E-state index in [0.717, 1.165) is 94.6 Å². The van der Waals surface area contributed by atoms with E-state index in [9.17, 15) is 4.79 Å². The summed E-state index contributed by atoms with van der Waals surface area (Å²) in [5, 5.41) is 7.26. The first-order valence-corrected chi connectivity index (χ1v) is 14.9. The van der Waals surface area contributed by atoms with E-state index < -0.39 is 0 Å². The maximum atomic E-state index is 12.4. The molecule has 0 spiro atoms. The van der Waals surface area contributed by atoms with Gasteiger partial charge >= 0.3 is 0 Å². The van der Waals surface area contributed by atoms with Crippen molar-refractivity contribution in [3.8, 4) is 0 Å². The number of aromatic nitrogens is 2. The molecule has 0 unspecified atom stereocenters. The van der Waals surface area contributed by atoms with Crippen LogP contribution in [0, 0.1) is 0 Å². The van der Waals surface area contributed by atoms with Gasteiger partial charge in [0.25, 0.3) is 0 Å². The van der Waals surface area contributed by atoms with Gasteiger partial charge in [-0.05, 0) is 43.6 Å². The molecule has 0 radical (unpaired) electrons. The first-order valence-electron chi connectivity index (χ1n) is 13.7. The fourth-order valence-electron chi connectivity index (χ4n) is 4.74. The van der Waals surface area contributed by atoms with Crippen LogP contribution in [0.2, 0.25) is 0 Å². The lowest BCUT2D eigenvalue weighted by Crippen LogP contribution is -2.50. The number of rotatable bonds is 12. The van der Waals surface area contributed by atoms with Gasteiger partial charge < -0.3 is 30.1 Å². The number of hydrogen-bond donors (Lipinski definition) is 2. The molecule has 0 saturated carbocycles. The van der Waals surface area contributed by atoms with Gasteiger partial charge in [-0.1, -0.05) is 25.6 Å². The summed E-state index contributed by atoms with van der Waals surface area (Å²) < 4.78 is 5.46. The molecule has 2 fully saturated rings. The predicted molar refractivity (Wildman–Crippen MR) is 156 cm³/mol. The van der Waals surface area contributed by atoms with E-state index in [-0.39, 0.29) is 5.91 Å². The Bertz CT molecular complexity index is 1010. The Morgan fingerprint density at radius 2 is 1.71 bits per heavy atom. The normalized spacial score (nSPS) is 16.6. The second-order valence-electron chi connectivity index (χ2n) is 9.51. The Labute approximate surface area is 231 Å². The summed E-state index contributed by atoms with van der Waals surface area (Å²) in [5.41, 5.74) is 2.21. The largest absolute Gasteiger partial charge is 0.378 e. The molecule has 2 saturated heterocycles. The summed E-state index contributed by atoms with van der Waals surface area (Å²) in [5.74, 6) is 1.80. The fraction of sp³-hybridized carbons (Fsp3) is 0.593. The van der Waals surface area contributed by atoms with E-state index in [1.54, 1.807) is 11.8 Å². The minimum absolute atomic E-state index is 0.100. The van der Waals surface area contributed by atoms with E-state index in [2.05, 4.69) is 73.3 Å². The number of piperazine rings is 1. The average Bonchev–Trinajstić information content (AvgIpc) is 2.96. The number of ether oxygens (including phenoxy) is 1. The van der Waals surface area contributed by atoms with E-state index in [1.807, 2.05) is 12.3 Å². The van der Waals surface area contributed by atoms with Gasteiger partial charge in [-0.2, -0.15) is 0 Å². The van der Waals surface area contributed by atoms with Crippen LogP contribution in [0.3, 0.4) is 0 Å². The van der Waals surface area contributed by atoms with E-state index in [4.69, 9.17) is 9.72 Å². The molecule has 1 amide bonds. The summed E-state index contributed by atoms with van der Waals surface area (Å²) in [6.07, 6.45) is 2.00. The number of carbonyl (C=O) groups excluding carboxylic acids is 1. The predicted octanol–water partition coefficient (Wildman–Crippen LogP) is 2.36. The van der Waals surface area contributed by atoms with Crippen molar-refractivity contribution in [2.45, 2.75) is 19.0 Å². The molecular weight excluding hydrogens is 500 g/mol. The lowest BCUT2D eigenvalue weighted by Gasteiger charge is -2.35. The van der Waals surface area contributed by atoms with Crippen molar-refractivity contribution >= 4 is 40.7 Å². The van der Waals surface area contributed by atoms with Crippen LogP contribution in [0.1, 0.15) is 13.8 Å². The molecular formula is C27H42N8O2S. The van der Waals surface area contributed by atoms with Gasteiger partial charge in [0.15, 0.2) is 5.16 Å². The Kier molecular flexibility index (Phi) is 10.9. The first-order chi connectivity index (χ1) is 18.6. The third kappa shape index (κ3) is 8.20. The Hall–Kier alpha value is -2.60. The van der Waals surface area contributed by atoms with Crippen molar-refractivity contribution in [3.05, 3.63) is 30.3 Å². The summed E-state index contributed by atoms with van der Waals surface area (Å²) in [7, 11) is 0. The highest BCUT2D eigenvalue weighted by molar-refractivity contribution is 7.98. The maximum Gasteiger partial charge on any atom is 0.234 e. The summed E-state index contributed by atoms with van der Waals surface area (Å²) in [6.45, 7) is 15.1. The summed E-state index contributed by atoms with van der Waals surface area (Å²) >= 11 is 1.54. The maximum absolute atomic E-state index is 12.4. The number of morpholine rings is 1. The molecule has 10 nitrogen and oxygen atoms in total. The van der Waals surface area contributed by atoms with Crippen LogP contribution in [0.5, 0.6) is 0 Å². The molecule has 3 heterocycles. The lowest BCUT2D eigenvalue weighted by molar-refractivity contribution is -0.122. The number of thioether (sulfide) groups is 1. The van der Waals surface area contributed by atoms with Gasteiger partial charge in [-0.15, -0.1) is 0 Å². The van der Waals surface area contributed by atoms with Gasteiger partial charge in [0.2, 0.25) is 5.91 Å². The van der Waals surface area contributed by atoms with Gasteiger partial charge in [0, 0.05) is 69.8 Å². The van der Waals surface area contributed by atoms with Crippen molar-refractivity contribution in [3.63, 3.8) is 0 Å². The highest BCUT2D eigenvalue weighted by Gasteiger charge is 2.21. The lowest BCUT2D eigenvalue weighted by atomic mass is 10.2. The zero-order valence-electron chi connectivity index (χ0n) is 23.0. The van der Waals surface area contributed by atoms with Crippen LogP contribution in [-0.4, -0.2) is 117 Å². The SMILES string of the molecule is CCN(CC)CCNC(=O)CN1CCN(c2cc(Nc3ccc(N4CCOCC4)cc3)nc(SC)n2)CC1. The molecule has 4 rings (SSSR count). The molecule has 11 heteroatoms.